The number of hydrogen-bond acceptors (Lipinski definition) is 5. The number of aromatic hydroxyl groups is 1. The van der Waals surface area contributed by atoms with Gasteiger partial charge in [-0.2, -0.15) is 5.10 Å². The van der Waals surface area contributed by atoms with Gasteiger partial charge in [0.15, 0.2) is 0 Å². The lowest BCUT2D eigenvalue weighted by molar-refractivity contribution is 0.475. The number of benzene rings is 1. The summed E-state index contributed by atoms with van der Waals surface area (Å²) >= 11 is 0. The van der Waals surface area contributed by atoms with Crippen LogP contribution in [0.3, 0.4) is 0 Å². The normalized spacial score (nSPS) is 11.0. The zero-order valence-corrected chi connectivity index (χ0v) is 11.8. The summed E-state index contributed by atoms with van der Waals surface area (Å²) in [7, 11) is 1.40. The summed E-state index contributed by atoms with van der Waals surface area (Å²) in [4.78, 5) is 25.8. The molecule has 0 atom stereocenters. The topological polar surface area (TPSA) is 90.7 Å². The van der Waals surface area contributed by atoms with E-state index in [4.69, 9.17) is 0 Å². The number of aromatic amines is 1. The zero-order valence-electron chi connectivity index (χ0n) is 11.8. The van der Waals surface area contributed by atoms with Crippen molar-refractivity contribution in [2.75, 3.05) is 11.6 Å². The number of hydrazone groups is 1. The molecule has 0 aliphatic rings. The second kappa shape index (κ2) is 6.08. The van der Waals surface area contributed by atoms with Crippen molar-refractivity contribution in [2.45, 2.75) is 6.92 Å². The molecule has 1 heterocycles. The van der Waals surface area contributed by atoms with Crippen LogP contribution in [0.5, 0.6) is 5.75 Å². The fraction of sp³-hybridized carbons (Fsp3) is 0.214. The van der Waals surface area contributed by atoms with Gasteiger partial charge in [0.2, 0.25) is 0 Å². The molecule has 0 radical (unpaired) electrons. The molecular weight excluding hydrogens is 272 g/mol. The van der Waals surface area contributed by atoms with Crippen molar-refractivity contribution in [3.8, 4) is 5.75 Å². The quantitative estimate of drug-likeness (QED) is 0.638. The summed E-state index contributed by atoms with van der Waals surface area (Å²) in [6.45, 7) is 2.33. The van der Waals surface area contributed by atoms with E-state index >= 15 is 0 Å². The number of hydrogen-bond donors (Lipinski definition) is 2. The van der Waals surface area contributed by atoms with Gasteiger partial charge in [0.1, 0.15) is 11.6 Å². The number of aromatic nitrogens is 2. The van der Waals surface area contributed by atoms with Gasteiger partial charge in [-0.1, -0.05) is 0 Å². The maximum absolute atomic E-state index is 11.6. The monoisotopic (exact) mass is 288 g/mol. The third kappa shape index (κ3) is 3.38. The van der Waals surface area contributed by atoms with E-state index in [-0.39, 0.29) is 5.75 Å². The standard InChI is InChI=1S/C14H16N4O3/c1-3-18(12-8-13(20)17(2)14(21)16-12)15-9-10-4-6-11(19)7-5-10/h4-9,19H,3H2,1-2H3,(H,16,21). The van der Waals surface area contributed by atoms with Crippen LogP contribution in [0.1, 0.15) is 12.5 Å². The molecule has 110 valence electrons. The largest absolute Gasteiger partial charge is 0.508 e. The Morgan fingerprint density at radius 3 is 2.57 bits per heavy atom. The predicted molar refractivity (Wildman–Crippen MR) is 81.0 cm³/mol. The minimum absolute atomic E-state index is 0.176. The third-order valence-electron chi connectivity index (χ3n) is 2.95. The molecule has 0 aliphatic carbocycles. The van der Waals surface area contributed by atoms with Crippen LogP contribution in [0.15, 0.2) is 45.0 Å². The number of phenols is 1. The Morgan fingerprint density at radius 2 is 2.00 bits per heavy atom. The Labute approximate surface area is 120 Å². The van der Waals surface area contributed by atoms with Crippen LogP contribution in [0.25, 0.3) is 0 Å². The fourth-order valence-corrected chi connectivity index (χ4v) is 1.69. The average molecular weight is 288 g/mol. The van der Waals surface area contributed by atoms with Gasteiger partial charge < -0.3 is 5.11 Å². The van der Waals surface area contributed by atoms with E-state index in [2.05, 4.69) is 10.1 Å². The van der Waals surface area contributed by atoms with Crippen molar-refractivity contribution in [2.24, 2.45) is 12.1 Å². The molecular formula is C14H16N4O3. The molecule has 0 saturated carbocycles. The van der Waals surface area contributed by atoms with Crippen LogP contribution in [-0.4, -0.2) is 27.4 Å². The van der Waals surface area contributed by atoms with Gasteiger partial charge in [-0.3, -0.25) is 14.3 Å². The highest BCUT2D eigenvalue weighted by Gasteiger charge is 2.06. The highest BCUT2D eigenvalue weighted by atomic mass is 16.3. The van der Waals surface area contributed by atoms with E-state index in [0.29, 0.717) is 12.4 Å². The van der Waals surface area contributed by atoms with Crippen LogP contribution < -0.4 is 16.3 Å². The van der Waals surface area contributed by atoms with Crippen molar-refractivity contribution in [1.82, 2.24) is 9.55 Å². The predicted octanol–water partition coefficient (Wildman–Crippen LogP) is 0.640. The highest BCUT2D eigenvalue weighted by molar-refractivity contribution is 5.80. The summed E-state index contributed by atoms with van der Waals surface area (Å²) in [6.07, 6.45) is 1.58. The van der Waals surface area contributed by atoms with Crippen molar-refractivity contribution >= 4 is 12.0 Å². The van der Waals surface area contributed by atoms with E-state index < -0.39 is 11.2 Å². The summed E-state index contributed by atoms with van der Waals surface area (Å²) in [5.41, 5.74) is -0.0970. The molecule has 2 aromatic rings. The molecule has 7 nitrogen and oxygen atoms in total. The van der Waals surface area contributed by atoms with Crippen molar-refractivity contribution in [1.29, 1.82) is 0 Å². The van der Waals surface area contributed by atoms with Gasteiger partial charge >= 0.3 is 5.69 Å². The van der Waals surface area contributed by atoms with E-state index in [1.54, 1.807) is 30.5 Å². The number of anilines is 1. The first kappa shape index (κ1) is 14.6. The van der Waals surface area contributed by atoms with Crippen LogP contribution in [0.2, 0.25) is 0 Å². The van der Waals surface area contributed by atoms with Gasteiger partial charge in [-0.05, 0) is 36.8 Å². The van der Waals surface area contributed by atoms with E-state index in [1.807, 2.05) is 6.92 Å². The molecule has 0 amide bonds. The molecule has 0 fully saturated rings. The minimum atomic E-state index is -0.490. The van der Waals surface area contributed by atoms with Gasteiger partial charge in [-0.25, -0.2) is 9.80 Å². The van der Waals surface area contributed by atoms with Crippen LogP contribution in [0, 0.1) is 0 Å². The summed E-state index contributed by atoms with van der Waals surface area (Å²) in [6, 6.07) is 7.84. The molecule has 0 bridgehead atoms. The third-order valence-corrected chi connectivity index (χ3v) is 2.95. The molecule has 1 aromatic carbocycles. The Balaban J connectivity index is 2.30. The Kier molecular flexibility index (Phi) is 4.22. The summed E-state index contributed by atoms with van der Waals surface area (Å²) in [5.74, 6) is 0.510. The van der Waals surface area contributed by atoms with Crippen LogP contribution in [-0.2, 0) is 7.05 Å². The zero-order chi connectivity index (χ0) is 15.4. The van der Waals surface area contributed by atoms with Crippen LogP contribution in [0.4, 0.5) is 5.82 Å². The van der Waals surface area contributed by atoms with E-state index in [1.165, 1.54) is 18.1 Å². The number of H-pyrrole nitrogens is 1. The van der Waals surface area contributed by atoms with Crippen molar-refractivity contribution in [3.05, 3.63) is 56.7 Å². The number of rotatable bonds is 4. The lowest BCUT2D eigenvalue weighted by Gasteiger charge is -2.16. The molecule has 1 aromatic heterocycles. The second-order valence-electron chi connectivity index (χ2n) is 4.41. The minimum Gasteiger partial charge on any atom is -0.508 e. The van der Waals surface area contributed by atoms with Crippen molar-refractivity contribution in [3.63, 3.8) is 0 Å². The first-order valence-corrected chi connectivity index (χ1v) is 6.42. The lowest BCUT2D eigenvalue weighted by Crippen LogP contribution is -2.34. The molecule has 0 saturated heterocycles. The van der Waals surface area contributed by atoms with Gasteiger partial charge in [-0.15, -0.1) is 0 Å². The Morgan fingerprint density at radius 1 is 1.33 bits per heavy atom. The fourth-order valence-electron chi connectivity index (χ4n) is 1.69. The Bertz CT molecular complexity index is 728. The first-order chi connectivity index (χ1) is 10.0. The smallest absolute Gasteiger partial charge is 0.329 e. The number of nitrogens with one attached hydrogen (secondary N) is 1. The summed E-state index contributed by atoms with van der Waals surface area (Å²) in [5, 5.41) is 15.0. The number of phenolic OH excluding ortho intramolecular Hbond substituents is 1. The van der Waals surface area contributed by atoms with Gasteiger partial charge in [0, 0.05) is 19.7 Å². The second-order valence-corrected chi connectivity index (χ2v) is 4.41. The lowest BCUT2D eigenvalue weighted by atomic mass is 10.2. The summed E-state index contributed by atoms with van der Waals surface area (Å²) < 4.78 is 0.987. The maximum Gasteiger partial charge on any atom is 0.329 e. The number of nitrogens with zero attached hydrogens (tertiary/aromatic N) is 3. The van der Waals surface area contributed by atoms with Crippen molar-refractivity contribution < 1.29 is 5.11 Å². The maximum atomic E-state index is 11.6. The van der Waals surface area contributed by atoms with Gasteiger partial charge in [0.25, 0.3) is 5.56 Å². The van der Waals surface area contributed by atoms with E-state index in [0.717, 1.165) is 10.1 Å². The molecule has 7 heteroatoms. The SMILES string of the molecule is CCN(N=Cc1ccc(O)cc1)c1cc(=O)n(C)c(=O)[nH]1. The molecule has 2 N–H and O–H groups in total. The van der Waals surface area contributed by atoms with Gasteiger partial charge in [0.05, 0.1) is 6.21 Å². The Hall–Kier alpha value is -2.83. The molecule has 0 aliphatic heterocycles. The molecule has 0 unspecified atom stereocenters. The molecule has 2 rings (SSSR count). The van der Waals surface area contributed by atoms with Crippen LogP contribution >= 0.6 is 0 Å². The first-order valence-electron chi connectivity index (χ1n) is 6.42. The van der Waals surface area contributed by atoms with E-state index in [9.17, 15) is 14.7 Å². The highest BCUT2D eigenvalue weighted by Crippen LogP contribution is 2.09. The average Bonchev–Trinajstić information content (AvgIpc) is 2.47. The molecule has 0 spiro atoms. The molecule has 21 heavy (non-hydrogen) atoms.